The molecule has 2 rings (SSSR count). The monoisotopic (exact) mass is 434 g/mol. The molecule has 0 unspecified atom stereocenters. The number of nitrogens with one attached hydrogen (secondary N) is 1. The lowest BCUT2D eigenvalue weighted by Gasteiger charge is -2.22. The van der Waals surface area contributed by atoms with E-state index in [0.29, 0.717) is 36.6 Å². The van der Waals surface area contributed by atoms with Crippen molar-refractivity contribution in [3.63, 3.8) is 0 Å². The van der Waals surface area contributed by atoms with Gasteiger partial charge in [-0.25, -0.2) is 8.42 Å². The quantitative estimate of drug-likeness (QED) is 0.588. The third-order valence-corrected chi connectivity index (χ3v) is 5.87. The second-order valence-corrected chi connectivity index (χ2v) is 8.97. The van der Waals surface area contributed by atoms with Gasteiger partial charge in [0.15, 0.2) is 11.5 Å². The lowest BCUT2D eigenvalue weighted by atomic mass is 10.1. The number of ether oxygens (including phenoxy) is 2. The van der Waals surface area contributed by atoms with Crippen molar-refractivity contribution < 1.29 is 22.7 Å². The normalized spacial score (nSPS) is 11.1. The van der Waals surface area contributed by atoms with E-state index in [1.54, 1.807) is 26.4 Å². The highest BCUT2D eigenvalue weighted by atomic mass is 32.2. The highest BCUT2D eigenvalue weighted by molar-refractivity contribution is 7.92. The molecule has 0 spiro atoms. The molecular weight excluding hydrogens is 404 g/mol. The van der Waals surface area contributed by atoms with Gasteiger partial charge in [0.1, 0.15) is 0 Å². The van der Waals surface area contributed by atoms with Gasteiger partial charge in [-0.05, 0) is 49.6 Å². The van der Waals surface area contributed by atoms with E-state index in [0.717, 1.165) is 11.1 Å². The first-order valence-corrected chi connectivity index (χ1v) is 11.6. The van der Waals surface area contributed by atoms with Gasteiger partial charge in [0, 0.05) is 19.5 Å². The van der Waals surface area contributed by atoms with Crippen LogP contribution in [0.2, 0.25) is 0 Å². The summed E-state index contributed by atoms with van der Waals surface area (Å²) in [6.07, 6.45) is 2.52. The zero-order valence-corrected chi connectivity index (χ0v) is 18.8. The largest absolute Gasteiger partial charge is 0.493 e. The molecule has 0 radical (unpaired) electrons. The average Bonchev–Trinajstić information content (AvgIpc) is 2.71. The predicted octanol–water partition coefficient (Wildman–Crippen LogP) is 2.92. The third kappa shape index (κ3) is 6.95. The molecule has 0 heterocycles. The van der Waals surface area contributed by atoms with Crippen LogP contribution in [-0.2, 0) is 21.2 Å². The van der Waals surface area contributed by atoms with Crippen molar-refractivity contribution in [2.75, 3.05) is 37.9 Å². The first kappa shape index (κ1) is 23.5. The molecule has 2 aromatic rings. The van der Waals surface area contributed by atoms with E-state index in [1.807, 2.05) is 37.3 Å². The molecule has 0 fully saturated rings. The SMILES string of the molecule is COc1ccc(CCNC(=O)CCCN(c2ccc(C)cc2)S(C)(=O)=O)cc1OC. The number of aryl methyl sites for hydroxylation is 1. The maximum Gasteiger partial charge on any atom is 0.232 e. The van der Waals surface area contributed by atoms with E-state index < -0.39 is 10.0 Å². The smallest absolute Gasteiger partial charge is 0.232 e. The molecular formula is C22H30N2O5S. The molecule has 7 nitrogen and oxygen atoms in total. The summed E-state index contributed by atoms with van der Waals surface area (Å²) in [5, 5.41) is 2.88. The van der Waals surface area contributed by atoms with Crippen LogP contribution in [0.5, 0.6) is 11.5 Å². The Morgan fingerprint density at radius 1 is 1.03 bits per heavy atom. The Bertz CT molecular complexity index is 943. The van der Waals surface area contributed by atoms with Crippen molar-refractivity contribution in [2.45, 2.75) is 26.2 Å². The van der Waals surface area contributed by atoms with Crippen molar-refractivity contribution in [3.05, 3.63) is 53.6 Å². The van der Waals surface area contributed by atoms with Gasteiger partial charge < -0.3 is 14.8 Å². The van der Waals surface area contributed by atoms with Crippen molar-refractivity contribution in [1.29, 1.82) is 0 Å². The molecule has 8 heteroatoms. The highest BCUT2D eigenvalue weighted by Crippen LogP contribution is 2.27. The predicted molar refractivity (Wildman–Crippen MR) is 119 cm³/mol. The number of sulfonamides is 1. The summed E-state index contributed by atoms with van der Waals surface area (Å²) < 4.78 is 36.1. The molecule has 0 bridgehead atoms. The number of benzene rings is 2. The van der Waals surface area contributed by atoms with Crippen LogP contribution < -0.4 is 19.1 Å². The van der Waals surface area contributed by atoms with Crippen LogP contribution in [0.3, 0.4) is 0 Å². The topological polar surface area (TPSA) is 84.9 Å². The van der Waals surface area contributed by atoms with Crippen LogP contribution in [0.25, 0.3) is 0 Å². The number of anilines is 1. The van der Waals surface area contributed by atoms with Crippen LogP contribution >= 0.6 is 0 Å². The molecule has 0 atom stereocenters. The lowest BCUT2D eigenvalue weighted by Crippen LogP contribution is -2.32. The van der Waals surface area contributed by atoms with E-state index in [9.17, 15) is 13.2 Å². The van der Waals surface area contributed by atoms with Crippen molar-refractivity contribution in [1.82, 2.24) is 5.32 Å². The van der Waals surface area contributed by atoms with Crippen LogP contribution in [0.1, 0.15) is 24.0 Å². The first-order chi connectivity index (χ1) is 14.2. The molecule has 2 aromatic carbocycles. The Morgan fingerprint density at radius 2 is 1.70 bits per heavy atom. The summed E-state index contributed by atoms with van der Waals surface area (Å²) in [7, 11) is -0.247. The summed E-state index contributed by atoms with van der Waals surface area (Å²) in [5.41, 5.74) is 2.69. The van der Waals surface area contributed by atoms with Gasteiger partial charge in [-0.3, -0.25) is 9.10 Å². The molecule has 0 aliphatic heterocycles. The number of hydrogen-bond donors (Lipinski definition) is 1. The van der Waals surface area contributed by atoms with Gasteiger partial charge in [0.25, 0.3) is 0 Å². The van der Waals surface area contributed by atoms with Crippen LogP contribution in [0, 0.1) is 6.92 Å². The van der Waals surface area contributed by atoms with Gasteiger partial charge >= 0.3 is 0 Å². The Morgan fingerprint density at radius 3 is 2.30 bits per heavy atom. The molecule has 1 N–H and O–H groups in total. The lowest BCUT2D eigenvalue weighted by molar-refractivity contribution is -0.121. The van der Waals surface area contributed by atoms with Crippen LogP contribution in [0.4, 0.5) is 5.69 Å². The number of carbonyl (C=O) groups excluding carboxylic acids is 1. The summed E-state index contributed by atoms with van der Waals surface area (Å²) in [4.78, 5) is 12.1. The maximum absolute atomic E-state index is 12.1. The average molecular weight is 435 g/mol. The minimum absolute atomic E-state index is 0.104. The van der Waals surface area contributed by atoms with Crippen LogP contribution in [-0.4, -0.2) is 47.9 Å². The number of methoxy groups -OCH3 is 2. The second-order valence-electron chi connectivity index (χ2n) is 7.06. The molecule has 0 saturated heterocycles. The van der Waals surface area contributed by atoms with Crippen LogP contribution in [0.15, 0.2) is 42.5 Å². The molecule has 1 amide bonds. The zero-order chi connectivity index (χ0) is 22.1. The Balaban J connectivity index is 1.81. The highest BCUT2D eigenvalue weighted by Gasteiger charge is 2.17. The molecule has 164 valence electrons. The molecule has 30 heavy (non-hydrogen) atoms. The molecule has 0 saturated carbocycles. The standard InChI is InChI=1S/C22H30N2O5S/c1-17-7-10-19(11-8-17)24(30(4,26)27)15-5-6-22(25)23-14-13-18-9-12-20(28-2)21(16-18)29-3/h7-12,16H,5-6,13-15H2,1-4H3,(H,23,25). The number of hydrogen-bond acceptors (Lipinski definition) is 5. The number of rotatable bonds is 11. The number of carbonyl (C=O) groups is 1. The molecule has 0 aromatic heterocycles. The fourth-order valence-electron chi connectivity index (χ4n) is 3.05. The third-order valence-electron chi connectivity index (χ3n) is 4.67. The fourth-order valence-corrected chi connectivity index (χ4v) is 4.02. The second kappa shape index (κ2) is 10.9. The van der Waals surface area contributed by atoms with Gasteiger partial charge in [-0.1, -0.05) is 23.8 Å². The Hall–Kier alpha value is -2.74. The molecule has 0 aliphatic rings. The van der Waals surface area contributed by atoms with Gasteiger partial charge in [-0.15, -0.1) is 0 Å². The molecule has 0 aliphatic carbocycles. The van der Waals surface area contributed by atoms with Crippen molar-refractivity contribution in [2.24, 2.45) is 0 Å². The van der Waals surface area contributed by atoms with E-state index in [4.69, 9.17) is 9.47 Å². The van der Waals surface area contributed by atoms with E-state index in [-0.39, 0.29) is 18.9 Å². The van der Waals surface area contributed by atoms with E-state index >= 15 is 0 Å². The zero-order valence-electron chi connectivity index (χ0n) is 18.0. The van der Waals surface area contributed by atoms with Gasteiger partial charge in [0.05, 0.1) is 26.2 Å². The van der Waals surface area contributed by atoms with E-state index in [1.165, 1.54) is 10.6 Å². The maximum atomic E-state index is 12.1. The number of amides is 1. The minimum Gasteiger partial charge on any atom is -0.493 e. The van der Waals surface area contributed by atoms with Gasteiger partial charge in [-0.2, -0.15) is 0 Å². The van der Waals surface area contributed by atoms with Crippen molar-refractivity contribution >= 4 is 21.6 Å². The summed E-state index contributed by atoms with van der Waals surface area (Å²) >= 11 is 0. The minimum atomic E-state index is -3.41. The summed E-state index contributed by atoms with van der Waals surface area (Å²) in [5.74, 6) is 1.21. The Labute approximate surface area is 179 Å². The van der Waals surface area contributed by atoms with Gasteiger partial charge in [0.2, 0.25) is 15.9 Å². The fraction of sp³-hybridized carbons (Fsp3) is 0.409. The van der Waals surface area contributed by atoms with E-state index in [2.05, 4.69) is 5.32 Å². The van der Waals surface area contributed by atoms with Crippen molar-refractivity contribution in [3.8, 4) is 11.5 Å². The summed E-state index contributed by atoms with van der Waals surface area (Å²) in [6, 6.07) is 12.9. The number of nitrogens with zero attached hydrogens (tertiary/aromatic N) is 1. The summed E-state index contributed by atoms with van der Waals surface area (Å²) in [6.45, 7) is 2.69. The first-order valence-electron chi connectivity index (χ1n) is 9.76. The Kier molecular flexibility index (Phi) is 8.53.